The predicted octanol–water partition coefficient (Wildman–Crippen LogP) is 3.81. The summed E-state index contributed by atoms with van der Waals surface area (Å²) in [6, 6.07) is 0. The molecule has 0 spiro atoms. The van der Waals surface area contributed by atoms with Crippen LogP contribution in [-0.4, -0.2) is 5.60 Å². The molecule has 6 heteroatoms. The van der Waals surface area contributed by atoms with Gasteiger partial charge in [-0.25, -0.2) is 0 Å². The monoisotopic (exact) mass is 318 g/mol. The zero-order chi connectivity index (χ0) is 11.4. The maximum absolute atomic E-state index is 11.4. The van der Waals surface area contributed by atoms with Crippen molar-refractivity contribution in [2.24, 2.45) is 5.92 Å². The molecule has 0 aromatic carbocycles. The molecular formula is C9H19O2PS2Zn. The SMILES string of the molecule is CCCC(CC)(OP(=O)([S-])[S-])C(C)C.[Zn+2]. The summed E-state index contributed by atoms with van der Waals surface area (Å²) < 4.78 is 16.8. The minimum absolute atomic E-state index is 0. The van der Waals surface area contributed by atoms with Crippen LogP contribution in [0.25, 0.3) is 0 Å². The molecule has 0 aromatic heterocycles. The topological polar surface area (TPSA) is 26.3 Å². The molecule has 0 aliphatic heterocycles. The molecule has 0 rings (SSSR count). The van der Waals surface area contributed by atoms with E-state index in [1.54, 1.807) is 0 Å². The fourth-order valence-corrected chi connectivity index (χ4v) is 3.50. The van der Waals surface area contributed by atoms with Crippen LogP contribution in [0.4, 0.5) is 0 Å². The number of hydrogen-bond donors (Lipinski definition) is 0. The van der Waals surface area contributed by atoms with Crippen LogP contribution in [0, 0.1) is 5.92 Å². The second kappa shape index (κ2) is 7.77. The zero-order valence-electron chi connectivity index (χ0n) is 9.99. The van der Waals surface area contributed by atoms with Gasteiger partial charge in [-0.2, -0.15) is 0 Å². The largest absolute Gasteiger partial charge is 2.00 e. The van der Waals surface area contributed by atoms with Gasteiger partial charge in [0.15, 0.2) is 0 Å². The van der Waals surface area contributed by atoms with Gasteiger partial charge >= 0.3 is 19.5 Å². The van der Waals surface area contributed by atoms with Gasteiger partial charge in [0.2, 0.25) is 0 Å². The van der Waals surface area contributed by atoms with Crippen LogP contribution in [0.5, 0.6) is 0 Å². The van der Waals surface area contributed by atoms with Crippen molar-refractivity contribution in [3.8, 4) is 0 Å². The van der Waals surface area contributed by atoms with Crippen LogP contribution in [0.1, 0.15) is 47.0 Å². The summed E-state index contributed by atoms with van der Waals surface area (Å²) in [6.07, 6.45) is 2.64. The number of rotatable bonds is 6. The van der Waals surface area contributed by atoms with Crippen LogP contribution in [0.2, 0.25) is 0 Å². The van der Waals surface area contributed by atoms with Gasteiger partial charge in [0.1, 0.15) is 0 Å². The third kappa shape index (κ3) is 6.73. The molecule has 0 aliphatic rings. The van der Waals surface area contributed by atoms with E-state index in [2.05, 4.69) is 45.3 Å². The Labute approximate surface area is 117 Å². The van der Waals surface area contributed by atoms with E-state index >= 15 is 0 Å². The van der Waals surface area contributed by atoms with Crippen LogP contribution in [0.3, 0.4) is 0 Å². The average Bonchev–Trinajstić information content (AvgIpc) is 2.00. The quantitative estimate of drug-likeness (QED) is 0.422. The van der Waals surface area contributed by atoms with E-state index in [-0.39, 0.29) is 25.4 Å². The van der Waals surface area contributed by atoms with E-state index in [1.807, 2.05) is 6.92 Å². The first-order valence-corrected chi connectivity index (χ1v) is 8.65. The van der Waals surface area contributed by atoms with Gasteiger partial charge in [0, 0.05) is 0 Å². The molecular weight excluding hydrogens is 301 g/mol. The molecule has 0 saturated heterocycles. The zero-order valence-corrected chi connectivity index (χ0v) is 15.5. The van der Waals surface area contributed by atoms with Crippen molar-refractivity contribution in [2.45, 2.75) is 52.6 Å². The van der Waals surface area contributed by atoms with E-state index < -0.39 is 11.4 Å². The molecule has 2 nitrogen and oxygen atoms in total. The molecule has 0 N–H and O–H groups in total. The first-order valence-electron chi connectivity index (χ1n) is 5.00. The molecule has 86 valence electrons. The number of hydrogen-bond acceptors (Lipinski definition) is 4. The van der Waals surface area contributed by atoms with Gasteiger partial charge < -0.3 is 33.6 Å². The Morgan fingerprint density at radius 3 is 2.00 bits per heavy atom. The van der Waals surface area contributed by atoms with E-state index in [1.165, 1.54) is 0 Å². The molecule has 1 unspecified atom stereocenters. The van der Waals surface area contributed by atoms with E-state index in [9.17, 15) is 4.57 Å². The van der Waals surface area contributed by atoms with Gasteiger partial charge in [-0.1, -0.05) is 34.1 Å². The summed E-state index contributed by atoms with van der Waals surface area (Å²) in [7, 11) is 0. The Bertz CT molecular complexity index is 220. The Morgan fingerprint density at radius 2 is 1.80 bits per heavy atom. The standard InChI is InChI=1S/C9H21O2PS2.Zn/c1-5-7-9(6-2,8(3)4)11-12(10,13)14;/h8H,5-7H2,1-4H3,(H2,10,13,14);/q;+2/p-2. The van der Waals surface area contributed by atoms with Gasteiger partial charge in [0.05, 0.1) is 5.60 Å². The smallest absolute Gasteiger partial charge is 0.714 e. The summed E-state index contributed by atoms with van der Waals surface area (Å²) in [5.74, 6) is -2.94. The van der Waals surface area contributed by atoms with E-state index in [0.29, 0.717) is 0 Å². The van der Waals surface area contributed by atoms with Crippen LogP contribution < -0.4 is 0 Å². The molecule has 0 saturated carbocycles. The molecule has 0 heterocycles. The van der Waals surface area contributed by atoms with E-state index in [0.717, 1.165) is 19.3 Å². The molecule has 0 aromatic rings. The minimum Gasteiger partial charge on any atom is -0.714 e. The van der Waals surface area contributed by atoms with Gasteiger partial charge in [-0.15, -0.1) is 0 Å². The molecule has 0 bridgehead atoms. The van der Waals surface area contributed by atoms with Crippen LogP contribution >= 0.6 is 5.77 Å². The molecule has 1 atom stereocenters. The van der Waals surface area contributed by atoms with Crippen molar-refractivity contribution < 1.29 is 28.6 Å². The maximum Gasteiger partial charge on any atom is 2.00 e. The molecule has 0 radical (unpaired) electrons. The second-order valence-corrected chi connectivity index (χ2v) is 8.52. The summed E-state index contributed by atoms with van der Waals surface area (Å²) in [5.41, 5.74) is -0.395. The summed E-state index contributed by atoms with van der Waals surface area (Å²) in [4.78, 5) is 0. The van der Waals surface area contributed by atoms with Crippen molar-refractivity contribution in [1.29, 1.82) is 0 Å². The minimum atomic E-state index is -3.22. The van der Waals surface area contributed by atoms with Gasteiger partial charge in [-0.3, -0.25) is 0 Å². The summed E-state index contributed by atoms with van der Waals surface area (Å²) in [5, 5.41) is 0. The summed E-state index contributed by atoms with van der Waals surface area (Å²) >= 11 is 9.36. The first kappa shape index (κ1) is 18.9. The maximum atomic E-state index is 11.4. The molecule has 0 aliphatic carbocycles. The normalized spacial score (nSPS) is 15.9. The second-order valence-electron chi connectivity index (χ2n) is 3.86. The van der Waals surface area contributed by atoms with Crippen molar-refractivity contribution in [3.63, 3.8) is 0 Å². The Morgan fingerprint density at radius 1 is 1.33 bits per heavy atom. The summed E-state index contributed by atoms with van der Waals surface area (Å²) in [6.45, 7) is 8.21. The predicted molar refractivity (Wildman–Crippen MR) is 66.2 cm³/mol. The van der Waals surface area contributed by atoms with Crippen molar-refractivity contribution in [1.82, 2.24) is 0 Å². The molecule has 0 amide bonds. The van der Waals surface area contributed by atoms with Crippen molar-refractivity contribution >= 4 is 30.3 Å². The van der Waals surface area contributed by atoms with E-state index in [4.69, 9.17) is 4.52 Å². The third-order valence-corrected chi connectivity index (χ3v) is 3.65. The Balaban J connectivity index is 0. The van der Waals surface area contributed by atoms with Crippen LogP contribution in [-0.2, 0) is 53.1 Å². The fourth-order valence-electron chi connectivity index (χ4n) is 1.74. The van der Waals surface area contributed by atoms with Crippen LogP contribution in [0.15, 0.2) is 0 Å². The molecule has 15 heavy (non-hydrogen) atoms. The third-order valence-electron chi connectivity index (χ3n) is 2.62. The Hall–Kier alpha value is 1.51. The Kier molecular flexibility index (Phi) is 9.77. The van der Waals surface area contributed by atoms with Gasteiger partial charge in [0.25, 0.3) is 0 Å². The fraction of sp³-hybridized carbons (Fsp3) is 1.00. The van der Waals surface area contributed by atoms with Crippen molar-refractivity contribution in [3.05, 3.63) is 0 Å². The average molecular weight is 320 g/mol. The first-order chi connectivity index (χ1) is 6.27. The molecule has 0 fully saturated rings. The van der Waals surface area contributed by atoms with Gasteiger partial charge in [-0.05, 0) is 24.5 Å². The van der Waals surface area contributed by atoms with Crippen molar-refractivity contribution in [2.75, 3.05) is 0 Å².